The number of carbonyl (C=O) groups is 3. The number of non-ortho nitro benzene ring substituents is 1. The van der Waals surface area contributed by atoms with Gasteiger partial charge in [-0.05, 0) is 47.4 Å². The average Bonchev–Trinajstić information content (AvgIpc) is 3.28. The number of nitrogens with zero attached hydrogens (tertiary/aromatic N) is 3. The van der Waals surface area contributed by atoms with Gasteiger partial charge in [-0.25, -0.2) is 0 Å². The quantitative estimate of drug-likeness (QED) is 0.192. The summed E-state index contributed by atoms with van der Waals surface area (Å²) in [6.07, 6.45) is -0.684. The van der Waals surface area contributed by atoms with Gasteiger partial charge in [-0.15, -0.1) is 0 Å². The second kappa shape index (κ2) is 11.3. The maximum Gasteiger partial charge on any atom is 0.269 e. The van der Waals surface area contributed by atoms with E-state index in [-0.39, 0.29) is 30.1 Å². The summed E-state index contributed by atoms with van der Waals surface area (Å²) < 4.78 is 5.46. The van der Waals surface area contributed by atoms with Gasteiger partial charge in [-0.1, -0.05) is 60.7 Å². The number of nitro benzene ring substituents is 1. The summed E-state index contributed by atoms with van der Waals surface area (Å²) >= 11 is 0. The van der Waals surface area contributed by atoms with Crippen LogP contribution in [-0.2, 0) is 16.1 Å². The van der Waals surface area contributed by atoms with Crippen molar-refractivity contribution in [1.29, 1.82) is 0 Å². The van der Waals surface area contributed by atoms with E-state index >= 15 is 0 Å². The number of imide groups is 1. The standard InChI is InChI=1S/C33H29N3O7/c1-43-28-12-5-4-11-25(28)30(37)27-18-17-26-29(35(27)31(38)21-13-15-23(16-14-21)36(41)42)33(40)34(32(26)39)19-22-9-6-8-20-7-2-3-10-24(20)22/h2-16,26-27,29-30,37H,17-19H2,1H3/t26-,27-,29+,30-/m1/s1. The predicted molar refractivity (Wildman–Crippen MR) is 157 cm³/mol. The molecule has 2 fully saturated rings. The molecular formula is C33H29N3O7. The van der Waals surface area contributed by atoms with Crippen molar-refractivity contribution in [2.75, 3.05) is 7.11 Å². The molecule has 3 amide bonds. The zero-order chi connectivity index (χ0) is 30.2. The molecule has 6 rings (SSSR count). The fourth-order valence-electron chi connectivity index (χ4n) is 6.40. The van der Waals surface area contributed by atoms with E-state index in [0.29, 0.717) is 17.7 Å². The molecule has 1 N–H and O–H groups in total. The van der Waals surface area contributed by atoms with Gasteiger partial charge in [-0.3, -0.25) is 29.4 Å². The van der Waals surface area contributed by atoms with E-state index in [9.17, 15) is 29.6 Å². The van der Waals surface area contributed by atoms with Crippen LogP contribution < -0.4 is 4.74 Å². The third kappa shape index (κ3) is 4.89. The van der Waals surface area contributed by atoms with Crippen LogP contribution in [0.25, 0.3) is 10.8 Å². The van der Waals surface area contributed by atoms with E-state index in [2.05, 4.69) is 0 Å². The molecule has 218 valence electrons. The first kappa shape index (κ1) is 28.0. The molecule has 2 aliphatic heterocycles. The van der Waals surface area contributed by atoms with Crippen LogP contribution in [0.1, 0.15) is 40.4 Å². The molecule has 0 saturated carbocycles. The van der Waals surface area contributed by atoms with Gasteiger partial charge in [0.05, 0.1) is 30.5 Å². The number of benzene rings is 4. The number of likely N-dealkylation sites (tertiary alicyclic amines) is 2. The lowest BCUT2D eigenvalue weighted by Crippen LogP contribution is -2.57. The van der Waals surface area contributed by atoms with Gasteiger partial charge >= 0.3 is 0 Å². The Balaban J connectivity index is 1.40. The average molecular weight is 580 g/mol. The summed E-state index contributed by atoms with van der Waals surface area (Å²) in [7, 11) is 1.48. The van der Waals surface area contributed by atoms with Crippen LogP contribution >= 0.6 is 0 Å². The number of hydrogen-bond acceptors (Lipinski definition) is 7. The van der Waals surface area contributed by atoms with E-state index in [0.717, 1.165) is 16.3 Å². The molecule has 10 heteroatoms. The maximum absolute atomic E-state index is 14.1. The van der Waals surface area contributed by atoms with Crippen molar-refractivity contribution in [3.63, 3.8) is 0 Å². The smallest absolute Gasteiger partial charge is 0.269 e. The van der Waals surface area contributed by atoms with Crippen LogP contribution in [0.2, 0.25) is 0 Å². The number of aliphatic hydroxyl groups is 1. The first-order valence-electron chi connectivity index (χ1n) is 14.0. The van der Waals surface area contributed by atoms with Crippen molar-refractivity contribution in [2.45, 2.75) is 37.6 Å². The molecular weight excluding hydrogens is 550 g/mol. The molecule has 4 aromatic carbocycles. The van der Waals surface area contributed by atoms with Crippen LogP contribution in [0.5, 0.6) is 5.75 Å². The van der Waals surface area contributed by atoms with Gasteiger partial charge in [0.15, 0.2) is 0 Å². The van der Waals surface area contributed by atoms with Gasteiger partial charge < -0.3 is 14.7 Å². The lowest BCUT2D eigenvalue weighted by atomic mass is 9.82. The lowest BCUT2D eigenvalue weighted by Gasteiger charge is -2.43. The minimum atomic E-state index is -1.23. The third-order valence-corrected chi connectivity index (χ3v) is 8.50. The molecule has 0 spiro atoms. The number of hydrogen-bond donors (Lipinski definition) is 1. The molecule has 0 bridgehead atoms. The molecule has 4 aromatic rings. The van der Waals surface area contributed by atoms with Crippen LogP contribution in [0.15, 0.2) is 91.0 Å². The molecule has 4 atom stereocenters. The summed E-state index contributed by atoms with van der Waals surface area (Å²) in [6.45, 7) is 0.0469. The molecule has 0 radical (unpaired) electrons. The number of para-hydroxylation sites is 1. The van der Waals surface area contributed by atoms with E-state index in [1.54, 1.807) is 24.3 Å². The van der Waals surface area contributed by atoms with Crippen molar-refractivity contribution in [1.82, 2.24) is 9.80 Å². The van der Waals surface area contributed by atoms with Crippen LogP contribution in [0, 0.1) is 16.0 Å². The molecule has 2 aliphatic rings. The number of aliphatic hydroxyl groups excluding tert-OH is 1. The summed E-state index contributed by atoms with van der Waals surface area (Å²) in [5, 5.41) is 24.8. The predicted octanol–water partition coefficient (Wildman–Crippen LogP) is 4.65. The third-order valence-electron chi connectivity index (χ3n) is 8.50. The summed E-state index contributed by atoms with van der Waals surface area (Å²) in [4.78, 5) is 55.2. The molecule has 10 nitrogen and oxygen atoms in total. The SMILES string of the molecule is COc1ccccc1[C@@H](O)[C@H]1CC[C@H]2C(=O)N(Cc3cccc4ccccc34)C(=O)[C@H]2N1C(=O)c1ccc([N+](=O)[O-])cc1. The Morgan fingerprint density at radius 1 is 0.953 bits per heavy atom. The number of piperidine rings is 1. The molecule has 0 aromatic heterocycles. The van der Waals surface area contributed by atoms with Crippen LogP contribution in [0.3, 0.4) is 0 Å². The fraction of sp³-hybridized carbons (Fsp3) is 0.242. The first-order chi connectivity index (χ1) is 20.8. The van der Waals surface area contributed by atoms with Gasteiger partial charge in [-0.2, -0.15) is 0 Å². The molecule has 0 unspecified atom stereocenters. The van der Waals surface area contributed by atoms with Crippen molar-refractivity contribution < 1.29 is 29.2 Å². The van der Waals surface area contributed by atoms with Crippen molar-refractivity contribution in [3.05, 3.63) is 118 Å². The highest BCUT2D eigenvalue weighted by atomic mass is 16.6. The monoisotopic (exact) mass is 579 g/mol. The van der Waals surface area contributed by atoms with Crippen LogP contribution in [0.4, 0.5) is 5.69 Å². The largest absolute Gasteiger partial charge is 0.496 e. The molecule has 43 heavy (non-hydrogen) atoms. The number of amides is 3. The number of fused-ring (bicyclic) bond motifs is 2. The molecule has 2 saturated heterocycles. The number of ether oxygens (including phenoxy) is 1. The van der Waals surface area contributed by atoms with Gasteiger partial charge in [0.25, 0.3) is 17.5 Å². The van der Waals surface area contributed by atoms with E-state index < -0.39 is 40.8 Å². The van der Waals surface area contributed by atoms with Gasteiger partial charge in [0.1, 0.15) is 17.9 Å². The summed E-state index contributed by atoms with van der Waals surface area (Å²) in [6, 6.07) is 23.4. The minimum absolute atomic E-state index is 0.0469. The number of nitro groups is 1. The number of methoxy groups -OCH3 is 1. The zero-order valence-electron chi connectivity index (χ0n) is 23.3. The Labute approximate surface area is 247 Å². The molecule has 0 aliphatic carbocycles. The highest BCUT2D eigenvalue weighted by Crippen LogP contribution is 2.42. The zero-order valence-corrected chi connectivity index (χ0v) is 23.3. The Hall–Kier alpha value is -5.09. The Morgan fingerprint density at radius 2 is 1.65 bits per heavy atom. The van der Waals surface area contributed by atoms with Gasteiger partial charge in [0.2, 0.25) is 5.91 Å². The number of rotatable bonds is 7. The van der Waals surface area contributed by atoms with Crippen molar-refractivity contribution in [3.8, 4) is 5.75 Å². The topological polar surface area (TPSA) is 130 Å². The van der Waals surface area contributed by atoms with Crippen LogP contribution in [-0.4, -0.2) is 56.7 Å². The molecule has 2 heterocycles. The first-order valence-corrected chi connectivity index (χ1v) is 14.0. The van der Waals surface area contributed by atoms with E-state index in [4.69, 9.17) is 4.74 Å². The summed E-state index contributed by atoms with van der Waals surface area (Å²) in [5.74, 6) is -1.85. The second-order valence-corrected chi connectivity index (χ2v) is 10.8. The van der Waals surface area contributed by atoms with E-state index in [1.165, 1.54) is 41.2 Å². The highest BCUT2D eigenvalue weighted by molar-refractivity contribution is 6.10. The van der Waals surface area contributed by atoms with Crippen molar-refractivity contribution >= 4 is 34.2 Å². The fourth-order valence-corrected chi connectivity index (χ4v) is 6.40. The Bertz CT molecular complexity index is 1730. The lowest BCUT2D eigenvalue weighted by molar-refractivity contribution is -0.384. The second-order valence-electron chi connectivity index (χ2n) is 10.8. The van der Waals surface area contributed by atoms with Gasteiger partial charge in [0, 0.05) is 23.3 Å². The maximum atomic E-state index is 14.1. The Morgan fingerprint density at radius 3 is 2.40 bits per heavy atom. The minimum Gasteiger partial charge on any atom is -0.496 e. The van der Waals surface area contributed by atoms with Crippen molar-refractivity contribution in [2.24, 2.45) is 5.92 Å². The normalized spacial score (nSPS) is 20.7. The Kier molecular flexibility index (Phi) is 7.37. The number of carbonyl (C=O) groups excluding carboxylic acids is 3. The van der Waals surface area contributed by atoms with E-state index in [1.807, 2.05) is 42.5 Å². The summed E-state index contributed by atoms with van der Waals surface area (Å²) in [5.41, 5.74) is 1.17. The highest BCUT2D eigenvalue weighted by Gasteiger charge is 2.56.